The van der Waals surface area contributed by atoms with E-state index < -0.39 is 0 Å². The highest BCUT2D eigenvalue weighted by atomic mass is 16.1. The van der Waals surface area contributed by atoms with Gasteiger partial charge in [-0.3, -0.25) is 4.79 Å². The molecule has 0 saturated carbocycles. The van der Waals surface area contributed by atoms with Gasteiger partial charge in [0.2, 0.25) is 5.91 Å². The lowest BCUT2D eigenvalue weighted by Gasteiger charge is -2.21. The van der Waals surface area contributed by atoms with Crippen LogP contribution < -0.4 is 5.32 Å². The number of fused-ring (bicyclic) bond motifs is 3. The van der Waals surface area contributed by atoms with Gasteiger partial charge in [-0.2, -0.15) is 0 Å². The van der Waals surface area contributed by atoms with E-state index in [1.54, 1.807) is 0 Å². The van der Waals surface area contributed by atoms with Gasteiger partial charge in [-0.05, 0) is 31.2 Å². The number of hydrogen-bond donors (Lipinski definition) is 1. The molecule has 0 fully saturated rings. The first-order valence-corrected chi connectivity index (χ1v) is 8.93. The van der Waals surface area contributed by atoms with Gasteiger partial charge in [0.1, 0.15) is 0 Å². The van der Waals surface area contributed by atoms with Crippen molar-refractivity contribution < 1.29 is 4.79 Å². The zero-order chi connectivity index (χ0) is 17.1. The number of nitrogens with one attached hydrogen (secondary N) is 1. The number of carbonyl (C=O) groups is 1. The first-order chi connectivity index (χ1) is 11.6. The summed E-state index contributed by atoms with van der Waals surface area (Å²) >= 11 is 0. The van der Waals surface area contributed by atoms with Crippen LogP contribution in [0.4, 0.5) is 5.82 Å². The second-order valence-corrected chi connectivity index (χ2v) is 6.52. The summed E-state index contributed by atoms with van der Waals surface area (Å²) in [6.45, 7) is 6.08. The second kappa shape index (κ2) is 7.12. The summed E-state index contributed by atoms with van der Waals surface area (Å²) in [6, 6.07) is 8.41. The Bertz CT molecular complexity index is 755. The molecule has 0 aliphatic heterocycles. The van der Waals surface area contributed by atoms with Gasteiger partial charge in [0.15, 0.2) is 5.82 Å². The van der Waals surface area contributed by atoms with Crippen molar-refractivity contribution in [2.75, 3.05) is 5.32 Å². The van der Waals surface area contributed by atoms with Crippen LogP contribution in [0.3, 0.4) is 0 Å². The summed E-state index contributed by atoms with van der Waals surface area (Å²) in [7, 11) is 0. The van der Waals surface area contributed by atoms with Crippen LogP contribution in [0.25, 0.3) is 11.3 Å². The van der Waals surface area contributed by atoms with Crippen molar-refractivity contribution in [1.82, 2.24) is 9.97 Å². The molecule has 1 heterocycles. The third kappa shape index (κ3) is 3.18. The summed E-state index contributed by atoms with van der Waals surface area (Å²) < 4.78 is 0. The predicted octanol–water partition coefficient (Wildman–Crippen LogP) is 4.18. The summed E-state index contributed by atoms with van der Waals surface area (Å²) in [5.41, 5.74) is 5.39. The standard InChI is InChI=1S/C20H25N3O/c1-4-8-17-19(23-20(24)13(3)5-2)22-16-12-11-14-9-6-7-10-15(14)18(16)21-17/h6-7,9-10,13H,4-5,8,11-12H2,1-3H3,(H,22,23,24). The van der Waals surface area contributed by atoms with Gasteiger partial charge in [0.25, 0.3) is 0 Å². The van der Waals surface area contributed by atoms with E-state index in [9.17, 15) is 4.79 Å². The van der Waals surface area contributed by atoms with Crippen molar-refractivity contribution in [3.63, 3.8) is 0 Å². The van der Waals surface area contributed by atoms with Crippen molar-refractivity contribution in [2.24, 2.45) is 5.92 Å². The van der Waals surface area contributed by atoms with Crippen molar-refractivity contribution in [2.45, 2.75) is 52.9 Å². The Balaban J connectivity index is 2.02. The number of hydrogen-bond acceptors (Lipinski definition) is 3. The lowest BCUT2D eigenvalue weighted by molar-refractivity contribution is -0.119. The lowest BCUT2D eigenvalue weighted by Crippen LogP contribution is -2.23. The fourth-order valence-corrected chi connectivity index (χ4v) is 3.05. The first kappa shape index (κ1) is 16.6. The monoisotopic (exact) mass is 323 g/mol. The minimum atomic E-state index is -0.0157. The third-order valence-corrected chi connectivity index (χ3v) is 4.73. The molecule has 0 bridgehead atoms. The normalized spacial score (nSPS) is 13.8. The third-order valence-electron chi connectivity index (χ3n) is 4.73. The molecule has 0 spiro atoms. The minimum absolute atomic E-state index is 0.0157. The van der Waals surface area contributed by atoms with Crippen molar-refractivity contribution >= 4 is 11.7 Å². The van der Waals surface area contributed by atoms with Gasteiger partial charge < -0.3 is 5.32 Å². The van der Waals surface area contributed by atoms with Crippen LogP contribution in [-0.4, -0.2) is 15.9 Å². The SMILES string of the molecule is CCCc1nc2c(nc1NC(=O)C(C)CC)CCc1ccccc1-2. The van der Waals surface area contributed by atoms with E-state index in [0.29, 0.717) is 5.82 Å². The molecule has 24 heavy (non-hydrogen) atoms. The van der Waals surface area contributed by atoms with Crippen LogP contribution >= 0.6 is 0 Å². The summed E-state index contributed by atoms with van der Waals surface area (Å²) in [5, 5.41) is 3.01. The van der Waals surface area contributed by atoms with E-state index in [1.807, 2.05) is 19.9 Å². The highest BCUT2D eigenvalue weighted by molar-refractivity contribution is 5.92. The summed E-state index contributed by atoms with van der Waals surface area (Å²) in [4.78, 5) is 22.0. The molecule has 4 heteroatoms. The molecular formula is C20H25N3O. The summed E-state index contributed by atoms with van der Waals surface area (Å²) in [5.74, 6) is 0.665. The van der Waals surface area contributed by atoms with E-state index in [-0.39, 0.29) is 11.8 Å². The average molecular weight is 323 g/mol. The molecule has 1 unspecified atom stereocenters. The number of carbonyl (C=O) groups excluding carboxylic acids is 1. The molecule has 1 N–H and O–H groups in total. The van der Waals surface area contributed by atoms with E-state index in [0.717, 1.165) is 49.2 Å². The number of aromatic nitrogens is 2. The molecule has 1 amide bonds. The molecule has 3 rings (SSSR count). The number of amides is 1. The van der Waals surface area contributed by atoms with E-state index in [2.05, 4.69) is 30.4 Å². The number of nitrogens with zero attached hydrogens (tertiary/aromatic N) is 2. The maximum absolute atomic E-state index is 12.3. The predicted molar refractivity (Wildman–Crippen MR) is 97.0 cm³/mol. The van der Waals surface area contributed by atoms with E-state index in [1.165, 1.54) is 11.1 Å². The first-order valence-electron chi connectivity index (χ1n) is 8.93. The molecule has 4 nitrogen and oxygen atoms in total. The van der Waals surface area contributed by atoms with Crippen LogP contribution in [0.2, 0.25) is 0 Å². The Hall–Kier alpha value is -2.23. The van der Waals surface area contributed by atoms with Gasteiger partial charge in [-0.25, -0.2) is 9.97 Å². The van der Waals surface area contributed by atoms with Gasteiger partial charge in [0, 0.05) is 11.5 Å². The number of rotatable bonds is 5. The van der Waals surface area contributed by atoms with Crippen LogP contribution in [0.15, 0.2) is 24.3 Å². The smallest absolute Gasteiger partial charge is 0.228 e. The highest BCUT2D eigenvalue weighted by Gasteiger charge is 2.22. The molecule has 0 radical (unpaired) electrons. The second-order valence-electron chi connectivity index (χ2n) is 6.52. The maximum Gasteiger partial charge on any atom is 0.228 e. The number of aryl methyl sites for hydroxylation is 3. The molecule has 1 aromatic heterocycles. The molecule has 1 aromatic carbocycles. The van der Waals surface area contributed by atoms with Crippen LogP contribution in [0.1, 0.15) is 50.6 Å². The minimum Gasteiger partial charge on any atom is -0.309 e. The number of benzene rings is 1. The van der Waals surface area contributed by atoms with Crippen LogP contribution in [-0.2, 0) is 24.1 Å². The molecule has 0 saturated heterocycles. The van der Waals surface area contributed by atoms with Gasteiger partial charge in [-0.1, -0.05) is 51.5 Å². The summed E-state index contributed by atoms with van der Waals surface area (Å²) in [6.07, 6.45) is 4.46. The fraction of sp³-hybridized carbons (Fsp3) is 0.450. The Morgan fingerprint density at radius 3 is 2.75 bits per heavy atom. The molecular weight excluding hydrogens is 298 g/mol. The molecule has 1 aliphatic rings. The lowest BCUT2D eigenvalue weighted by atomic mass is 9.91. The largest absolute Gasteiger partial charge is 0.309 e. The quantitative estimate of drug-likeness (QED) is 0.898. The van der Waals surface area contributed by atoms with E-state index in [4.69, 9.17) is 9.97 Å². The molecule has 1 aliphatic carbocycles. The Labute approximate surface area is 143 Å². The van der Waals surface area contributed by atoms with Crippen molar-refractivity contribution in [3.8, 4) is 11.3 Å². The Morgan fingerprint density at radius 1 is 1.21 bits per heavy atom. The molecule has 2 aromatic rings. The van der Waals surface area contributed by atoms with Crippen molar-refractivity contribution in [3.05, 3.63) is 41.2 Å². The molecule has 126 valence electrons. The van der Waals surface area contributed by atoms with Gasteiger partial charge in [-0.15, -0.1) is 0 Å². The van der Waals surface area contributed by atoms with Crippen molar-refractivity contribution in [1.29, 1.82) is 0 Å². The number of anilines is 1. The highest BCUT2D eigenvalue weighted by Crippen LogP contribution is 2.32. The van der Waals surface area contributed by atoms with Crippen LogP contribution in [0, 0.1) is 5.92 Å². The Kier molecular flexibility index (Phi) is 4.93. The molecule has 1 atom stereocenters. The maximum atomic E-state index is 12.3. The van der Waals surface area contributed by atoms with Crippen LogP contribution in [0.5, 0.6) is 0 Å². The fourth-order valence-electron chi connectivity index (χ4n) is 3.05. The zero-order valence-corrected chi connectivity index (χ0v) is 14.7. The van der Waals surface area contributed by atoms with Gasteiger partial charge in [0.05, 0.1) is 17.1 Å². The average Bonchev–Trinajstić information content (AvgIpc) is 2.61. The Morgan fingerprint density at radius 2 is 2.00 bits per heavy atom. The topological polar surface area (TPSA) is 54.9 Å². The zero-order valence-electron chi connectivity index (χ0n) is 14.7. The van der Waals surface area contributed by atoms with E-state index >= 15 is 0 Å². The van der Waals surface area contributed by atoms with Gasteiger partial charge >= 0.3 is 0 Å².